The molecule has 2 unspecified atom stereocenters. The summed E-state index contributed by atoms with van der Waals surface area (Å²) < 4.78 is 10.7. The van der Waals surface area contributed by atoms with Crippen molar-refractivity contribution >= 4 is 0 Å². The SMILES string of the molecule is CCOc1cncc(C(O)C(C)OCC)c1. The van der Waals surface area contributed by atoms with Crippen LogP contribution in [0.1, 0.15) is 32.4 Å². The molecule has 2 atom stereocenters. The largest absolute Gasteiger partial charge is 0.492 e. The maximum Gasteiger partial charge on any atom is 0.137 e. The second kappa shape index (κ2) is 6.45. The molecule has 1 aromatic heterocycles. The normalized spacial score (nSPS) is 14.5. The van der Waals surface area contributed by atoms with Gasteiger partial charge < -0.3 is 14.6 Å². The molecule has 16 heavy (non-hydrogen) atoms. The van der Waals surface area contributed by atoms with E-state index in [2.05, 4.69) is 4.98 Å². The number of aliphatic hydroxyl groups is 1. The highest BCUT2D eigenvalue weighted by Gasteiger charge is 2.17. The average molecular weight is 225 g/mol. The minimum Gasteiger partial charge on any atom is -0.492 e. The molecule has 0 aliphatic rings. The first kappa shape index (κ1) is 12.9. The molecule has 4 heteroatoms. The van der Waals surface area contributed by atoms with Crippen molar-refractivity contribution in [2.24, 2.45) is 0 Å². The Morgan fingerprint density at radius 1 is 1.31 bits per heavy atom. The molecular weight excluding hydrogens is 206 g/mol. The number of hydrogen-bond acceptors (Lipinski definition) is 4. The molecule has 0 bridgehead atoms. The average Bonchev–Trinajstić information content (AvgIpc) is 2.29. The lowest BCUT2D eigenvalue weighted by atomic mass is 10.1. The summed E-state index contributed by atoms with van der Waals surface area (Å²) in [6, 6.07) is 1.79. The highest BCUT2D eigenvalue weighted by molar-refractivity contribution is 5.25. The van der Waals surface area contributed by atoms with Crippen LogP contribution in [0.4, 0.5) is 0 Å². The fourth-order valence-corrected chi connectivity index (χ4v) is 1.47. The molecule has 1 rings (SSSR count). The predicted molar refractivity (Wildman–Crippen MR) is 61.5 cm³/mol. The molecule has 0 saturated heterocycles. The summed E-state index contributed by atoms with van der Waals surface area (Å²) >= 11 is 0. The van der Waals surface area contributed by atoms with Crippen molar-refractivity contribution in [3.63, 3.8) is 0 Å². The van der Waals surface area contributed by atoms with Gasteiger partial charge in [-0.2, -0.15) is 0 Å². The Hall–Kier alpha value is -1.13. The number of pyridine rings is 1. The van der Waals surface area contributed by atoms with E-state index >= 15 is 0 Å². The van der Waals surface area contributed by atoms with Crippen molar-refractivity contribution in [3.05, 3.63) is 24.0 Å². The van der Waals surface area contributed by atoms with Crippen molar-refractivity contribution in [1.29, 1.82) is 0 Å². The van der Waals surface area contributed by atoms with Crippen molar-refractivity contribution in [1.82, 2.24) is 4.98 Å². The van der Waals surface area contributed by atoms with Gasteiger partial charge in [0, 0.05) is 18.4 Å². The van der Waals surface area contributed by atoms with Crippen molar-refractivity contribution in [2.45, 2.75) is 33.0 Å². The van der Waals surface area contributed by atoms with Gasteiger partial charge in [-0.15, -0.1) is 0 Å². The highest BCUT2D eigenvalue weighted by atomic mass is 16.5. The summed E-state index contributed by atoms with van der Waals surface area (Å²) in [5.74, 6) is 0.669. The molecule has 0 aromatic carbocycles. The number of hydrogen-bond donors (Lipinski definition) is 1. The van der Waals surface area contributed by atoms with Crippen LogP contribution in [0.2, 0.25) is 0 Å². The molecule has 0 amide bonds. The third kappa shape index (κ3) is 3.47. The zero-order valence-corrected chi connectivity index (χ0v) is 10.0. The minimum atomic E-state index is -0.673. The summed E-state index contributed by atoms with van der Waals surface area (Å²) in [5.41, 5.74) is 0.715. The van der Waals surface area contributed by atoms with E-state index in [1.54, 1.807) is 18.5 Å². The first-order valence-corrected chi connectivity index (χ1v) is 5.56. The lowest BCUT2D eigenvalue weighted by Crippen LogP contribution is -2.18. The van der Waals surface area contributed by atoms with Crippen LogP contribution in [0.3, 0.4) is 0 Å². The maximum absolute atomic E-state index is 9.99. The molecule has 1 N–H and O–H groups in total. The van der Waals surface area contributed by atoms with E-state index in [1.807, 2.05) is 20.8 Å². The topological polar surface area (TPSA) is 51.6 Å². The van der Waals surface area contributed by atoms with Crippen LogP contribution in [0.15, 0.2) is 18.5 Å². The van der Waals surface area contributed by atoms with Gasteiger partial charge in [0.05, 0.1) is 18.9 Å². The van der Waals surface area contributed by atoms with E-state index < -0.39 is 6.10 Å². The number of aliphatic hydroxyl groups excluding tert-OH is 1. The zero-order chi connectivity index (χ0) is 12.0. The van der Waals surface area contributed by atoms with Crippen LogP contribution in [0.5, 0.6) is 5.75 Å². The fraction of sp³-hybridized carbons (Fsp3) is 0.583. The molecule has 0 aliphatic carbocycles. The van der Waals surface area contributed by atoms with Crippen LogP contribution < -0.4 is 4.74 Å². The number of aromatic nitrogens is 1. The van der Waals surface area contributed by atoms with E-state index in [-0.39, 0.29) is 6.10 Å². The van der Waals surface area contributed by atoms with Crippen LogP contribution >= 0.6 is 0 Å². The van der Waals surface area contributed by atoms with E-state index in [1.165, 1.54) is 0 Å². The number of rotatable bonds is 6. The standard InChI is InChI=1S/C12H19NO3/c1-4-15-9(3)12(14)10-6-11(16-5-2)8-13-7-10/h6-9,12,14H,4-5H2,1-3H3. The Labute approximate surface area is 96.2 Å². The summed E-state index contributed by atoms with van der Waals surface area (Å²) in [7, 11) is 0. The van der Waals surface area contributed by atoms with Crippen molar-refractivity contribution in [3.8, 4) is 5.75 Å². The summed E-state index contributed by atoms with van der Waals surface area (Å²) in [6.45, 7) is 6.81. The lowest BCUT2D eigenvalue weighted by Gasteiger charge is -2.19. The lowest BCUT2D eigenvalue weighted by molar-refractivity contribution is -0.0229. The van der Waals surface area contributed by atoms with Gasteiger partial charge in [-0.1, -0.05) is 0 Å². The zero-order valence-electron chi connectivity index (χ0n) is 10.0. The van der Waals surface area contributed by atoms with Gasteiger partial charge in [-0.05, 0) is 26.8 Å². The van der Waals surface area contributed by atoms with Gasteiger partial charge in [0.1, 0.15) is 11.9 Å². The van der Waals surface area contributed by atoms with Crippen LogP contribution in [-0.4, -0.2) is 29.4 Å². The molecule has 0 spiro atoms. The number of ether oxygens (including phenoxy) is 2. The monoisotopic (exact) mass is 225 g/mol. The van der Waals surface area contributed by atoms with Gasteiger partial charge in [0.2, 0.25) is 0 Å². The predicted octanol–water partition coefficient (Wildman–Crippen LogP) is 1.94. The summed E-state index contributed by atoms with van der Waals surface area (Å²) in [4.78, 5) is 4.03. The third-order valence-electron chi connectivity index (χ3n) is 2.26. The van der Waals surface area contributed by atoms with Gasteiger partial charge in [0.25, 0.3) is 0 Å². The molecular formula is C12H19NO3. The van der Waals surface area contributed by atoms with E-state index in [9.17, 15) is 5.11 Å². The molecule has 0 fully saturated rings. The van der Waals surface area contributed by atoms with E-state index in [0.717, 1.165) is 0 Å². The first-order chi connectivity index (χ1) is 7.69. The summed E-state index contributed by atoms with van der Waals surface area (Å²) in [5, 5.41) is 9.99. The quantitative estimate of drug-likeness (QED) is 0.803. The maximum atomic E-state index is 9.99. The first-order valence-electron chi connectivity index (χ1n) is 5.56. The van der Waals surface area contributed by atoms with Gasteiger partial charge in [-0.3, -0.25) is 4.98 Å². The summed E-state index contributed by atoms with van der Waals surface area (Å²) in [6.07, 6.45) is 2.34. The Bertz CT molecular complexity index is 317. The van der Waals surface area contributed by atoms with Crippen molar-refractivity contribution in [2.75, 3.05) is 13.2 Å². The van der Waals surface area contributed by atoms with Crippen LogP contribution in [-0.2, 0) is 4.74 Å². The molecule has 0 aliphatic heterocycles. The van der Waals surface area contributed by atoms with Crippen LogP contribution in [0, 0.1) is 0 Å². The Kier molecular flexibility index (Phi) is 5.22. The molecule has 90 valence electrons. The van der Waals surface area contributed by atoms with Gasteiger partial charge in [0.15, 0.2) is 0 Å². The molecule has 1 aromatic rings. The second-order valence-electron chi connectivity index (χ2n) is 3.49. The molecule has 0 saturated carbocycles. The van der Waals surface area contributed by atoms with Crippen LogP contribution in [0.25, 0.3) is 0 Å². The van der Waals surface area contributed by atoms with Gasteiger partial charge >= 0.3 is 0 Å². The second-order valence-corrected chi connectivity index (χ2v) is 3.49. The fourth-order valence-electron chi connectivity index (χ4n) is 1.47. The Balaban J connectivity index is 2.74. The minimum absolute atomic E-state index is 0.247. The number of nitrogens with zero attached hydrogens (tertiary/aromatic N) is 1. The highest BCUT2D eigenvalue weighted by Crippen LogP contribution is 2.21. The van der Waals surface area contributed by atoms with Gasteiger partial charge in [-0.25, -0.2) is 0 Å². The third-order valence-corrected chi connectivity index (χ3v) is 2.26. The Morgan fingerprint density at radius 2 is 2.06 bits per heavy atom. The Morgan fingerprint density at radius 3 is 2.69 bits per heavy atom. The molecule has 1 heterocycles. The van der Waals surface area contributed by atoms with E-state index in [0.29, 0.717) is 24.5 Å². The molecule has 4 nitrogen and oxygen atoms in total. The smallest absolute Gasteiger partial charge is 0.137 e. The van der Waals surface area contributed by atoms with Crippen molar-refractivity contribution < 1.29 is 14.6 Å². The molecule has 0 radical (unpaired) electrons. The van der Waals surface area contributed by atoms with E-state index in [4.69, 9.17) is 9.47 Å².